The normalized spacial score (nSPS) is 10.2. The molecule has 0 radical (unpaired) electrons. The highest BCUT2D eigenvalue weighted by Gasteiger charge is 2.12. The van der Waals surface area contributed by atoms with Crippen molar-refractivity contribution in [2.24, 2.45) is 0 Å². The molecule has 19 heavy (non-hydrogen) atoms. The van der Waals surface area contributed by atoms with Crippen molar-refractivity contribution in [2.45, 2.75) is 6.54 Å². The van der Waals surface area contributed by atoms with E-state index in [0.29, 0.717) is 17.1 Å². The van der Waals surface area contributed by atoms with Crippen LogP contribution in [0.4, 0.5) is 0 Å². The minimum absolute atomic E-state index is 0.156. The van der Waals surface area contributed by atoms with E-state index < -0.39 is 0 Å². The minimum Gasteiger partial charge on any atom is -0.337 e. The fraction of sp³-hybridized carbons (Fsp3) is 0.143. The molecule has 4 nitrogen and oxygen atoms in total. The Morgan fingerprint density at radius 1 is 1.32 bits per heavy atom. The molecule has 0 fully saturated rings. The molecule has 0 aliphatic carbocycles. The van der Waals surface area contributed by atoms with Gasteiger partial charge in [0.15, 0.2) is 0 Å². The lowest BCUT2D eigenvalue weighted by molar-refractivity contribution is 0.0784. The number of carbonyl (C=O) groups is 1. The topological polar surface area (TPSA) is 53.2 Å². The largest absolute Gasteiger partial charge is 0.337 e. The fourth-order valence-electron chi connectivity index (χ4n) is 1.74. The van der Waals surface area contributed by atoms with Crippen LogP contribution in [0.25, 0.3) is 0 Å². The van der Waals surface area contributed by atoms with E-state index in [9.17, 15) is 9.59 Å². The minimum atomic E-state index is -0.228. The molecule has 98 valence electrons. The molecular formula is C14H13ClN2O2. The average molecular weight is 277 g/mol. The predicted octanol–water partition coefficient (Wildman–Crippen LogP) is 2.30. The number of aromatic nitrogens is 1. The Hall–Kier alpha value is -2.07. The smallest absolute Gasteiger partial charge is 0.255 e. The summed E-state index contributed by atoms with van der Waals surface area (Å²) >= 11 is 5.90. The molecule has 0 aliphatic rings. The second-order valence-electron chi connectivity index (χ2n) is 4.23. The molecule has 0 unspecified atom stereocenters. The van der Waals surface area contributed by atoms with Crippen molar-refractivity contribution in [3.8, 4) is 0 Å². The number of rotatable bonds is 3. The van der Waals surface area contributed by atoms with Crippen LogP contribution in [0.2, 0.25) is 5.02 Å². The van der Waals surface area contributed by atoms with Crippen molar-refractivity contribution in [1.82, 2.24) is 9.88 Å². The van der Waals surface area contributed by atoms with E-state index in [4.69, 9.17) is 11.6 Å². The number of hydrogen-bond donors (Lipinski definition) is 1. The molecule has 0 bridgehead atoms. The second kappa shape index (κ2) is 5.71. The standard InChI is InChI=1S/C14H13ClN2O2/c1-17(9-10-3-2-4-12(15)7-10)14(19)11-5-6-13(18)16-8-11/h2-8H,9H2,1H3,(H,16,18). The summed E-state index contributed by atoms with van der Waals surface area (Å²) in [5.41, 5.74) is 1.17. The summed E-state index contributed by atoms with van der Waals surface area (Å²) in [6.45, 7) is 0.457. The van der Waals surface area contributed by atoms with Crippen molar-refractivity contribution in [3.05, 3.63) is 69.1 Å². The molecule has 2 rings (SSSR count). The molecule has 2 aromatic rings. The lowest BCUT2D eigenvalue weighted by Gasteiger charge is -2.17. The molecule has 5 heteroatoms. The SMILES string of the molecule is CN(Cc1cccc(Cl)c1)C(=O)c1ccc(=O)[nH]c1. The van der Waals surface area contributed by atoms with Gasteiger partial charge in [-0.25, -0.2) is 0 Å². The lowest BCUT2D eigenvalue weighted by Crippen LogP contribution is -2.26. The first-order chi connectivity index (χ1) is 9.06. The molecule has 0 atom stereocenters. The Labute approximate surface area is 115 Å². The average Bonchev–Trinajstić information content (AvgIpc) is 2.39. The van der Waals surface area contributed by atoms with Crippen LogP contribution in [0, 0.1) is 0 Å². The van der Waals surface area contributed by atoms with Gasteiger partial charge in [0.05, 0.1) is 5.56 Å². The summed E-state index contributed by atoms with van der Waals surface area (Å²) in [6.07, 6.45) is 1.42. The Morgan fingerprint density at radius 2 is 2.11 bits per heavy atom. The number of H-pyrrole nitrogens is 1. The molecule has 1 amide bonds. The van der Waals surface area contributed by atoms with Gasteiger partial charge in [-0.15, -0.1) is 0 Å². The van der Waals surface area contributed by atoms with Crippen LogP contribution in [0.5, 0.6) is 0 Å². The number of carbonyl (C=O) groups excluding carboxylic acids is 1. The van der Waals surface area contributed by atoms with E-state index in [0.717, 1.165) is 5.56 Å². The highest BCUT2D eigenvalue weighted by Crippen LogP contribution is 2.13. The van der Waals surface area contributed by atoms with Gasteiger partial charge in [0.1, 0.15) is 0 Å². The number of aromatic amines is 1. The van der Waals surface area contributed by atoms with Gasteiger partial charge in [0, 0.05) is 30.9 Å². The second-order valence-corrected chi connectivity index (χ2v) is 4.67. The van der Waals surface area contributed by atoms with E-state index in [2.05, 4.69) is 4.98 Å². The van der Waals surface area contributed by atoms with Crippen molar-refractivity contribution in [1.29, 1.82) is 0 Å². The first-order valence-corrected chi connectivity index (χ1v) is 6.13. The maximum atomic E-state index is 12.1. The maximum absolute atomic E-state index is 12.1. The zero-order valence-electron chi connectivity index (χ0n) is 10.4. The maximum Gasteiger partial charge on any atom is 0.255 e. The van der Waals surface area contributed by atoms with Gasteiger partial charge in [0.25, 0.3) is 5.91 Å². The summed E-state index contributed by atoms with van der Waals surface area (Å²) < 4.78 is 0. The lowest BCUT2D eigenvalue weighted by atomic mass is 10.2. The molecule has 1 aromatic carbocycles. The summed E-state index contributed by atoms with van der Waals surface area (Å²) in [5, 5.41) is 0.641. The summed E-state index contributed by atoms with van der Waals surface area (Å²) in [7, 11) is 1.70. The summed E-state index contributed by atoms with van der Waals surface area (Å²) in [4.78, 5) is 27.1. The van der Waals surface area contributed by atoms with Crippen LogP contribution in [-0.4, -0.2) is 22.8 Å². The molecule has 1 aromatic heterocycles. The zero-order valence-corrected chi connectivity index (χ0v) is 11.1. The van der Waals surface area contributed by atoms with Crippen LogP contribution < -0.4 is 5.56 Å². The summed E-state index contributed by atoms with van der Waals surface area (Å²) in [6, 6.07) is 10.2. The van der Waals surface area contributed by atoms with E-state index in [-0.39, 0.29) is 11.5 Å². The van der Waals surface area contributed by atoms with Gasteiger partial charge >= 0.3 is 0 Å². The molecule has 0 saturated carbocycles. The van der Waals surface area contributed by atoms with Crippen LogP contribution in [0.3, 0.4) is 0 Å². The molecule has 0 spiro atoms. The van der Waals surface area contributed by atoms with Crippen LogP contribution in [-0.2, 0) is 6.54 Å². The van der Waals surface area contributed by atoms with Gasteiger partial charge in [-0.05, 0) is 23.8 Å². The molecular weight excluding hydrogens is 264 g/mol. The number of nitrogens with zero attached hydrogens (tertiary/aromatic N) is 1. The number of nitrogens with one attached hydrogen (secondary N) is 1. The van der Waals surface area contributed by atoms with Gasteiger partial charge in [-0.2, -0.15) is 0 Å². The predicted molar refractivity (Wildman–Crippen MR) is 74.3 cm³/mol. The molecule has 1 N–H and O–H groups in total. The monoisotopic (exact) mass is 276 g/mol. The third-order valence-corrected chi connectivity index (χ3v) is 2.92. The Balaban J connectivity index is 2.11. The fourth-order valence-corrected chi connectivity index (χ4v) is 1.96. The Morgan fingerprint density at radius 3 is 2.74 bits per heavy atom. The van der Waals surface area contributed by atoms with Gasteiger partial charge < -0.3 is 9.88 Å². The van der Waals surface area contributed by atoms with E-state index in [1.54, 1.807) is 18.0 Å². The quantitative estimate of drug-likeness (QED) is 0.935. The first kappa shape index (κ1) is 13.4. The van der Waals surface area contributed by atoms with Gasteiger partial charge in [-0.3, -0.25) is 9.59 Å². The number of benzene rings is 1. The summed E-state index contributed by atoms with van der Waals surface area (Å²) in [5.74, 6) is -0.156. The molecule has 1 heterocycles. The van der Waals surface area contributed by atoms with E-state index in [1.807, 2.05) is 18.2 Å². The number of hydrogen-bond acceptors (Lipinski definition) is 2. The molecule has 0 saturated heterocycles. The highest BCUT2D eigenvalue weighted by atomic mass is 35.5. The van der Waals surface area contributed by atoms with Gasteiger partial charge in [0.2, 0.25) is 5.56 Å². The third kappa shape index (κ3) is 3.45. The van der Waals surface area contributed by atoms with Gasteiger partial charge in [-0.1, -0.05) is 23.7 Å². The van der Waals surface area contributed by atoms with Crippen LogP contribution in [0.1, 0.15) is 15.9 Å². The number of halogens is 1. The highest BCUT2D eigenvalue weighted by molar-refractivity contribution is 6.30. The Bertz CT molecular complexity index is 631. The first-order valence-electron chi connectivity index (χ1n) is 5.75. The van der Waals surface area contributed by atoms with E-state index in [1.165, 1.54) is 18.3 Å². The van der Waals surface area contributed by atoms with Crippen molar-refractivity contribution < 1.29 is 4.79 Å². The van der Waals surface area contributed by atoms with E-state index >= 15 is 0 Å². The number of amides is 1. The zero-order chi connectivity index (χ0) is 13.8. The van der Waals surface area contributed by atoms with Crippen molar-refractivity contribution >= 4 is 17.5 Å². The molecule has 0 aliphatic heterocycles. The van der Waals surface area contributed by atoms with Crippen LogP contribution in [0.15, 0.2) is 47.4 Å². The van der Waals surface area contributed by atoms with Crippen molar-refractivity contribution in [2.75, 3.05) is 7.05 Å². The number of pyridine rings is 1. The van der Waals surface area contributed by atoms with Crippen molar-refractivity contribution in [3.63, 3.8) is 0 Å². The van der Waals surface area contributed by atoms with Crippen LogP contribution >= 0.6 is 11.6 Å². The third-order valence-electron chi connectivity index (χ3n) is 2.69. The Kier molecular flexibility index (Phi) is 4.02.